The zero-order valence-corrected chi connectivity index (χ0v) is 10.3. The number of fused-ring (bicyclic) bond motifs is 1. The average molecular weight is 289 g/mol. The smallest absolute Gasteiger partial charge is 0.304 e. The zero-order valence-electron chi connectivity index (χ0n) is 10.3. The maximum atomic E-state index is 12.1. The molecule has 2 aromatic heterocycles. The molecule has 20 heavy (non-hydrogen) atoms. The highest BCUT2D eigenvalue weighted by atomic mass is 19.4. The van der Waals surface area contributed by atoms with Crippen molar-refractivity contribution in [1.82, 2.24) is 9.38 Å². The van der Waals surface area contributed by atoms with Gasteiger partial charge in [-0.2, -0.15) is 13.2 Å². The number of alkyl halides is 3. The van der Waals surface area contributed by atoms with E-state index in [1.54, 1.807) is 23.6 Å². The van der Waals surface area contributed by atoms with Crippen LogP contribution in [0.1, 0.15) is 5.56 Å². The highest BCUT2D eigenvalue weighted by Gasteiger charge is 2.39. The van der Waals surface area contributed by atoms with E-state index in [1.807, 2.05) is 0 Å². The van der Waals surface area contributed by atoms with Gasteiger partial charge in [0.05, 0.1) is 13.3 Å². The fourth-order valence-corrected chi connectivity index (χ4v) is 1.50. The maximum absolute atomic E-state index is 12.1. The van der Waals surface area contributed by atoms with E-state index < -0.39 is 12.1 Å². The second-order valence-electron chi connectivity index (χ2n) is 3.81. The third-order valence-electron chi connectivity index (χ3n) is 2.35. The number of halogens is 3. The van der Waals surface area contributed by atoms with Gasteiger partial charge in [0.2, 0.25) is 0 Å². The lowest BCUT2D eigenvalue weighted by molar-refractivity contribution is -0.282. The summed E-state index contributed by atoms with van der Waals surface area (Å²) in [7, 11) is 1.36. The Labute approximate surface area is 111 Å². The molecule has 0 atom stereocenters. The second kappa shape index (κ2) is 5.47. The van der Waals surface area contributed by atoms with Gasteiger partial charge >= 0.3 is 12.1 Å². The van der Waals surface area contributed by atoms with Crippen molar-refractivity contribution < 1.29 is 27.7 Å². The molecule has 0 aromatic carbocycles. The van der Waals surface area contributed by atoms with Crippen molar-refractivity contribution >= 4 is 17.4 Å². The Kier molecular flexibility index (Phi) is 3.91. The Morgan fingerprint density at radius 1 is 1.40 bits per heavy atom. The molecule has 0 aliphatic rings. The van der Waals surface area contributed by atoms with E-state index in [4.69, 9.17) is 4.89 Å². The van der Waals surface area contributed by atoms with Crippen molar-refractivity contribution in [1.29, 1.82) is 0 Å². The largest absolute Gasteiger partial charge is 0.471 e. The van der Waals surface area contributed by atoms with Crippen LogP contribution in [0.4, 0.5) is 19.0 Å². The van der Waals surface area contributed by atoms with Gasteiger partial charge in [-0.15, -0.1) is 0 Å². The summed E-state index contributed by atoms with van der Waals surface area (Å²) in [6, 6.07) is 3.26. The number of anilines is 1. The molecular weight excluding hydrogens is 279 g/mol. The van der Waals surface area contributed by atoms with Gasteiger partial charge in [0.25, 0.3) is 0 Å². The van der Waals surface area contributed by atoms with Crippen LogP contribution in [0.5, 0.6) is 0 Å². The van der Waals surface area contributed by atoms with Gasteiger partial charge in [-0.05, 0) is 11.6 Å². The van der Waals surface area contributed by atoms with Crippen LogP contribution >= 0.6 is 0 Å². The van der Waals surface area contributed by atoms with Gasteiger partial charge in [0.1, 0.15) is 12.3 Å². The van der Waals surface area contributed by atoms with Crippen LogP contribution < -0.4 is 5.32 Å². The summed E-state index contributed by atoms with van der Waals surface area (Å²) in [5.41, 5.74) is 1.12. The molecule has 2 heterocycles. The van der Waals surface area contributed by atoms with Gasteiger partial charge in [-0.3, -0.25) is 4.79 Å². The van der Waals surface area contributed by atoms with Crippen LogP contribution in [0.15, 0.2) is 24.5 Å². The molecule has 1 N–H and O–H groups in total. The number of carbonyl (C=O) groups is 1. The highest BCUT2D eigenvalue weighted by Crippen LogP contribution is 2.18. The van der Waals surface area contributed by atoms with Crippen LogP contribution in [0.3, 0.4) is 0 Å². The normalized spacial score (nSPS) is 11.8. The van der Waals surface area contributed by atoms with Gasteiger partial charge < -0.3 is 9.72 Å². The molecule has 0 aliphatic carbocycles. The number of nitrogens with zero attached hydrogens (tertiary/aromatic N) is 2. The summed E-state index contributed by atoms with van der Waals surface area (Å²) in [5, 5.41) is 1.68. The second-order valence-corrected chi connectivity index (χ2v) is 3.81. The van der Waals surface area contributed by atoms with Crippen LogP contribution in [0, 0.1) is 0 Å². The molecule has 9 heteroatoms. The monoisotopic (exact) mass is 289 g/mol. The predicted octanol–water partition coefficient (Wildman–Crippen LogP) is 1.91. The first-order chi connectivity index (χ1) is 9.40. The zero-order chi connectivity index (χ0) is 14.8. The van der Waals surface area contributed by atoms with E-state index in [0.29, 0.717) is 5.65 Å². The average Bonchev–Trinajstić information content (AvgIpc) is 2.76. The number of rotatable bonds is 4. The molecule has 0 radical (unpaired) electrons. The molecular formula is C11H10F3N3O3. The number of hydrogen-bond donors (Lipinski definition) is 1. The van der Waals surface area contributed by atoms with Crippen LogP contribution in [0.25, 0.3) is 5.65 Å². The lowest BCUT2D eigenvalue weighted by Crippen LogP contribution is -2.30. The van der Waals surface area contributed by atoms with E-state index in [0.717, 1.165) is 5.56 Å². The minimum atomic E-state index is -4.95. The summed E-state index contributed by atoms with van der Waals surface area (Å²) < 4.78 is 37.8. The van der Waals surface area contributed by atoms with Crippen molar-refractivity contribution in [3.8, 4) is 0 Å². The molecule has 6 nitrogen and oxygen atoms in total. The van der Waals surface area contributed by atoms with Crippen molar-refractivity contribution in [2.24, 2.45) is 0 Å². The predicted molar refractivity (Wildman–Crippen MR) is 61.7 cm³/mol. The first kappa shape index (κ1) is 14.3. The first-order valence-corrected chi connectivity index (χ1v) is 5.41. The van der Waals surface area contributed by atoms with Crippen molar-refractivity contribution in [2.75, 3.05) is 12.4 Å². The summed E-state index contributed by atoms with van der Waals surface area (Å²) >= 11 is 0. The molecule has 0 spiro atoms. The summed E-state index contributed by atoms with van der Waals surface area (Å²) in [6.07, 6.45) is -2.08. The highest BCUT2D eigenvalue weighted by molar-refractivity contribution is 5.94. The number of hydrogen-bond acceptors (Lipinski definition) is 4. The Morgan fingerprint density at radius 2 is 2.15 bits per heavy atom. The Bertz CT molecular complexity index is 624. The fraction of sp³-hybridized carbons (Fsp3) is 0.273. The maximum Gasteiger partial charge on any atom is 0.471 e. The van der Waals surface area contributed by atoms with Gasteiger partial charge in [-0.1, -0.05) is 6.07 Å². The van der Waals surface area contributed by atoms with Crippen molar-refractivity contribution in [3.63, 3.8) is 0 Å². The molecule has 0 fully saturated rings. The summed E-state index contributed by atoms with van der Waals surface area (Å²) in [5.74, 6) is -2.25. The SMILES string of the molecule is COOCc1ccc2nc(NC(=O)C(F)(F)F)cn2c1. The molecule has 2 rings (SSSR count). The lowest BCUT2D eigenvalue weighted by Gasteiger charge is -2.04. The molecule has 108 valence electrons. The third-order valence-corrected chi connectivity index (χ3v) is 2.35. The standard InChI is InChI=1S/C11H10F3N3O3/c1-19-20-6-7-2-3-9-15-8(5-17(9)4-7)16-10(18)11(12,13)14/h2-5H,6H2,1H3,(H,16,18). The van der Waals surface area contributed by atoms with E-state index in [1.165, 1.54) is 17.7 Å². The lowest BCUT2D eigenvalue weighted by atomic mass is 10.3. The molecule has 0 saturated carbocycles. The number of aromatic nitrogens is 2. The minimum Gasteiger partial charge on any atom is -0.304 e. The van der Waals surface area contributed by atoms with Crippen molar-refractivity contribution in [3.05, 3.63) is 30.1 Å². The first-order valence-electron chi connectivity index (χ1n) is 5.41. The number of pyridine rings is 1. The fourth-order valence-electron chi connectivity index (χ4n) is 1.50. The molecule has 0 aliphatic heterocycles. The van der Waals surface area contributed by atoms with E-state index in [-0.39, 0.29) is 12.4 Å². The number of amides is 1. The number of nitrogens with one attached hydrogen (secondary N) is 1. The Morgan fingerprint density at radius 3 is 2.80 bits per heavy atom. The minimum absolute atomic E-state index is 0.175. The Hall–Kier alpha value is -2.13. The summed E-state index contributed by atoms with van der Waals surface area (Å²) in [6.45, 7) is 0.175. The number of carbonyl (C=O) groups excluding carboxylic acids is 1. The Balaban J connectivity index is 2.19. The van der Waals surface area contributed by atoms with Crippen molar-refractivity contribution in [2.45, 2.75) is 12.8 Å². The molecule has 2 aromatic rings. The van der Waals surface area contributed by atoms with Gasteiger partial charge in [0, 0.05) is 6.20 Å². The number of imidazole rings is 1. The van der Waals surface area contributed by atoms with E-state index >= 15 is 0 Å². The van der Waals surface area contributed by atoms with Crippen LogP contribution in [0.2, 0.25) is 0 Å². The van der Waals surface area contributed by atoms with Crippen LogP contribution in [-0.2, 0) is 21.2 Å². The quantitative estimate of drug-likeness (QED) is 0.690. The van der Waals surface area contributed by atoms with E-state index in [2.05, 4.69) is 9.87 Å². The summed E-state index contributed by atoms with van der Waals surface area (Å²) in [4.78, 5) is 23.8. The van der Waals surface area contributed by atoms with Gasteiger partial charge in [0.15, 0.2) is 5.82 Å². The molecule has 0 bridgehead atoms. The molecule has 0 saturated heterocycles. The molecule has 1 amide bonds. The molecule has 0 unspecified atom stereocenters. The van der Waals surface area contributed by atoms with Gasteiger partial charge in [-0.25, -0.2) is 14.8 Å². The topological polar surface area (TPSA) is 64.9 Å². The van der Waals surface area contributed by atoms with E-state index in [9.17, 15) is 18.0 Å². The van der Waals surface area contributed by atoms with Crippen LogP contribution in [-0.4, -0.2) is 28.6 Å². The third kappa shape index (κ3) is 3.25.